The van der Waals surface area contributed by atoms with Gasteiger partial charge in [0.15, 0.2) is 0 Å². The fourth-order valence-corrected chi connectivity index (χ4v) is 4.24. The first-order valence-corrected chi connectivity index (χ1v) is 8.60. The third-order valence-corrected chi connectivity index (χ3v) is 5.29. The molecule has 6 heteroatoms. The number of rotatable bonds is 8. The van der Waals surface area contributed by atoms with Gasteiger partial charge in [0.2, 0.25) is 10.0 Å². The molecular weight excluding hydrogens is 268 g/mol. The second-order valence-corrected chi connectivity index (χ2v) is 7.15. The molecule has 0 spiro atoms. The number of hydrogen-bond acceptors (Lipinski definition) is 4. The van der Waals surface area contributed by atoms with Crippen LogP contribution in [0, 0.1) is 0 Å². The van der Waals surface area contributed by atoms with Gasteiger partial charge in [0.1, 0.15) is 0 Å². The van der Waals surface area contributed by atoms with E-state index in [9.17, 15) is 8.42 Å². The van der Waals surface area contributed by atoms with Crippen molar-refractivity contribution in [3.63, 3.8) is 0 Å². The summed E-state index contributed by atoms with van der Waals surface area (Å²) in [7, 11) is -1.51. The van der Waals surface area contributed by atoms with Crippen molar-refractivity contribution in [1.82, 2.24) is 10.0 Å². The second kappa shape index (κ2) is 7.23. The van der Waals surface area contributed by atoms with Crippen LogP contribution >= 0.6 is 11.3 Å². The molecule has 104 valence electrons. The standard InChI is InChI=1S/C12H22N2O2S2/c1-4-5-6-10(2)14-18(15,16)12-7-11(8-13-3)17-9-12/h7,9-10,13-14H,4-6,8H2,1-3H3. The van der Waals surface area contributed by atoms with E-state index >= 15 is 0 Å². The minimum atomic E-state index is -3.35. The van der Waals surface area contributed by atoms with Crippen LogP contribution in [0.2, 0.25) is 0 Å². The van der Waals surface area contributed by atoms with Gasteiger partial charge in [-0.25, -0.2) is 13.1 Å². The molecule has 2 N–H and O–H groups in total. The van der Waals surface area contributed by atoms with Gasteiger partial charge >= 0.3 is 0 Å². The molecule has 1 aromatic heterocycles. The van der Waals surface area contributed by atoms with Crippen molar-refractivity contribution < 1.29 is 8.42 Å². The summed E-state index contributed by atoms with van der Waals surface area (Å²) in [5, 5.41) is 4.71. The topological polar surface area (TPSA) is 58.2 Å². The lowest BCUT2D eigenvalue weighted by Gasteiger charge is -2.12. The summed E-state index contributed by atoms with van der Waals surface area (Å²) in [5.41, 5.74) is 0. The number of hydrogen-bond donors (Lipinski definition) is 2. The largest absolute Gasteiger partial charge is 0.315 e. The maximum absolute atomic E-state index is 12.1. The predicted molar refractivity (Wildman–Crippen MR) is 76.4 cm³/mol. The lowest BCUT2D eigenvalue weighted by Crippen LogP contribution is -2.32. The highest BCUT2D eigenvalue weighted by atomic mass is 32.2. The van der Waals surface area contributed by atoms with Crippen LogP contribution in [0.3, 0.4) is 0 Å². The van der Waals surface area contributed by atoms with E-state index in [2.05, 4.69) is 17.0 Å². The lowest BCUT2D eigenvalue weighted by atomic mass is 10.2. The van der Waals surface area contributed by atoms with Gasteiger partial charge in [0.25, 0.3) is 0 Å². The maximum atomic E-state index is 12.1. The fraction of sp³-hybridized carbons (Fsp3) is 0.667. The molecule has 1 aromatic rings. The number of unbranched alkanes of at least 4 members (excludes halogenated alkanes) is 1. The first kappa shape index (κ1) is 15.6. The molecule has 4 nitrogen and oxygen atoms in total. The Bertz CT molecular complexity index is 454. The molecule has 0 aromatic carbocycles. The van der Waals surface area contributed by atoms with E-state index in [1.165, 1.54) is 11.3 Å². The van der Waals surface area contributed by atoms with Crippen LogP contribution < -0.4 is 10.0 Å². The van der Waals surface area contributed by atoms with Crippen LogP contribution in [0.25, 0.3) is 0 Å². The summed E-state index contributed by atoms with van der Waals surface area (Å²) < 4.78 is 26.9. The number of sulfonamides is 1. The first-order chi connectivity index (χ1) is 8.49. The summed E-state index contributed by atoms with van der Waals surface area (Å²) in [4.78, 5) is 1.40. The highest BCUT2D eigenvalue weighted by Crippen LogP contribution is 2.19. The van der Waals surface area contributed by atoms with Gasteiger partial charge in [-0.1, -0.05) is 19.8 Å². The zero-order valence-electron chi connectivity index (χ0n) is 11.2. The third-order valence-electron chi connectivity index (χ3n) is 2.64. The third kappa shape index (κ3) is 4.68. The Morgan fingerprint density at radius 1 is 1.44 bits per heavy atom. The van der Waals surface area contributed by atoms with E-state index in [1.807, 2.05) is 14.0 Å². The molecule has 0 saturated heterocycles. The summed E-state index contributed by atoms with van der Waals surface area (Å²) >= 11 is 1.46. The molecular formula is C12H22N2O2S2. The van der Waals surface area contributed by atoms with Crippen molar-refractivity contribution in [2.24, 2.45) is 0 Å². The molecule has 0 bridgehead atoms. The maximum Gasteiger partial charge on any atom is 0.241 e. The van der Waals surface area contributed by atoms with Gasteiger partial charge in [-0.2, -0.15) is 0 Å². The van der Waals surface area contributed by atoms with Gasteiger partial charge in [-0.15, -0.1) is 11.3 Å². The molecule has 0 fully saturated rings. The highest BCUT2D eigenvalue weighted by Gasteiger charge is 2.18. The smallest absolute Gasteiger partial charge is 0.241 e. The molecule has 0 aliphatic heterocycles. The van der Waals surface area contributed by atoms with Gasteiger partial charge in [-0.05, 0) is 26.5 Å². The Morgan fingerprint density at radius 2 is 2.17 bits per heavy atom. The molecule has 0 aliphatic carbocycles. The minimum Gasteiger partial charge on any atom is -0.315 e. The van der Waals surface area contributed by atoms with E-state index in [0.717, 1.165) is 24.1 Å². The Morgan fingerprint density at radius 3 is 2.78 bits per heavy atom. The Kier molecular flexibility index (Phi) is 6.28. The highest BCUT2D eigenvalue weighted by molar-refractivity contribution is 7.89. The average molecular weight is 290 g/mol. The van der Waals surface area contributed by atoms with Crippen molar-refractivity contribution in [3.05, 3.63) is 16.3 Å². The molecule has 0 saturated carbocycles. The van der Waals surface area contributed by atoms with Crippen LogP contribution in [0.15, 0.2) is 16.3 Å². The fourth-order valence-electron chi connectivity index (χ4n) is 1.67. The summed E-state index contributed by atoms with van der Waals surface area (Å²) in [5.74, 6) is 0. The van der Waals surface area contributed by atoms with Gasteiger partial charge in [0.05, 0.1) is 4.90 Å². The number of nitrogens with one attached hydrogen (secondary N) is 2. The van der Waals surface area contributed by atoms with E-state index in [1.54, 1.807) is 11.4 Å². The molecule has 1 rings (SSSR count). The van der Waals surface area contributed by atoms with Gasteiger partial charge in [-0.3, -0.25) is 0 Å². The molecule has 1 atom stereocenters. The van der Waals surface area contributed by atoms with E-state index in [0.29, 0.717) is 11.4 Å². The molecule has 0 amide bonds. The van der Waals surface area contributed by atoms with Crippen molar-refractivity contribution in [2.75, 3.05) is 7.05 Å². The summed E-state index contributed by atoms with van der Waals surface area (Å²) in [6.07, 6.45) is 3.00. The zero-order chi connectivity index (χ0) is 13.6. The van der Waals surface area contributed by atoms with Crippen molar-refractivity contribution >= 4 is 21.4 Å². The minimum absolute atomic E-state index is 0.0115. The quantitative estimate of drug-likeness (QED) is 0.772. The normalized spacial score (nSPS) is 13.7. The van der Waals surface area contributed by atoms with Crippen molar-refractivity contribution in [2.45, 2.75) is 50.6 Å². The Hall–Kier alpha value is -0.430. The van der Waals surface area contributed by atoms with Crippen LogP contribution in [0.4, 0.5) is 0 Å². The molecule has 1 unspecified atom stereocenters. The molecule has 0 aliphatic rings. The number of thiophene rings is 1. The van der Waals surface area contributed by atoms with Gasteiger partial charge < -0.3 is 5.32 Å². The summed E-state index contributed by atoms with van der Waals surface area (Å²) in [6.45, 7) is 4.71. The van der Waals surface area contributed by atoms with Crippen molar-refractivity contribution in [3.8, 4) is 0 Å². The molecule has 1 heterocycles. The van der Waals surface area contributed by atoms with E-state index in [4.69, 9.17) is 0 Å². The predicted octanol–water partition coefficient (Wildman–Crippen LogP) is 2.32. The van der Waals surface area contributed by atoms with Gasteiger partial charge in [0, 0.05) is 22.8 Å². The first-order valence-electron chi connectivity index (χ1n) is 6.24. The van der Waals surface area contributed by atoms with Crippen molar-refractivity contribution in [1.29, 1.82) is 0 Å². The van der Waals surface area contributed by atoms with Crippen LogP contribution in [-0.4, -0.2) is 21.5 Å². The zero-order valence-corrected chi connectivity index (χ0v) is 12.8. The Balaban J connectivity index is 2.67. The monoisotopic (exact) mass is 290 g/mol. The van der Waals surface area contributed by atoms with Crippen LogP contribution in [0.1, 0.15) is 38.0 Å². The average Bonchev–Trinajstić information content (AvgIpc) is 2.75. The Labute approximate surface area is 114 Å². The molecule has 0 radical (unpaired) electrons. The SMILES string of the molecule is CCCCC(C)NS(=O)(=O)c1csc(CNC)c1. The van der Waals surface area contributed by atoms with Crippen LogP contribution in [0.5, 0.6) is 0 Å². The summed E-state index contributed by atoms with van der Waals surface area (Å²) in [6, 6.07) is 1.72. The van der Waals surface area contributed by atoms with Crippen LogP contribution in [-0.2, 0) is 16.6 Å². The lowest BCUT2D eigenvalue weighted by molar-refractivity contribution is 0.534. The van der Waals surface area contributed by atoms with E-state index < -0.39 is 10.0 Å². The van der Waals surface area contributed by atoms with E-state index in [-0.39, 0.29) is 6.04 Å². The molecule has 18 heavy (non-hydrogen) atoms. The second-order valence-electron chi connectivity index (χ2n) is 4.44.